The van der Waals surface area contributed by atoms with E-state index in [-0.39, 0.29) is 11.9 Å². The highest BCUT2D eigenvalue weighted by atomic mass is 16.2. The van der Waals surface area contributed by atoms with Crippen molar-refractivity contribution in [3.8, 4) is 0 Å². The largest absolute Gasteiger partial charge is 0.334 e. The van der Waals surface area contributed by atoms with Crippen molar-refractivity contribution in [2.24, 2.45) is 0 Å². The van der Waals surface area contributed by atoms with Crippen LogP contribution in [0.25, 0.3) is 0 Å². The van der Waals surface area contributed by atoms with Gasteiger partial charge in [0.15, 0.2) is 0 Å². The molecule has 3 aromatic rings. The summed E-state index contributed by atoms with van der Waals surface area (Å²) in [6.07, 6.45) is 1.53. The van der Waals surface area contributed by atoms with Crippen molar-refractivity contribution in [2.45, 2.75) is 32.0 Å². The first kappa shape index (κ1) is 20.3. The van der Waals surface area contributed by atoms with Crippen molar-refractivity contribution < 1.29 is 9.59 Å². The van der Waals surface area contributed by atoms with Crippen LogP contribution in [0.15, 0.2) is 78.9 Å². The van der Waals surface area contributed by atoms with E-state index in [4.69, 9.17) is 0 Å². The van der Waals surface area contributed by atoms with E-state index in [9.17, 15) is 9.59 Å². The zero-order valence-electron chi connectivity index (χ0n) is 18.3. The molecule has 2 aliphatic rings. The van der Waals surface area contributed by atoms with Gasteiger partial charge >= 0.3 is 6.03 Å². The molecule has 1 N–H and O–H groups in total. The van der Waals surface area contributed by atoms with E-state index in [1.54, 1.807) is 0 Å². The molecule has 2 aliphatic heterocycles. The summed E-state index contributed by atoms with van der Waals surface area (Å²) >= 11 is 0. The van der Waals surface area contributed by atoms with Gasteiger partial charge < -0.3 is 10.2 Å². The number of carbonyl (C=O) groups excluding carboxylic acids is 2. The van der Waals surface area contributed by atoms with E-state index >= 15 is 0 Å². The van der Waals surface area contributed by atoms with E-state index in [2.05, 4.69) is 36.5 Å². The molecular formula is C27H27N3O2. The lowest BCUT2D eigenvalue weighted by atomic mass is 9.83. The molecule has 1 saturated heterocycles. The maximum atomic E-state index is 13.5. The maximum Gasteiger partial charge on any atom is 0.319 e. The van der Waals surface area contributed by atoms with Crippen molar-refractivity contribution in [2.75, 3.05) is 13.1 Å². The topological polar surface area (TPSA) is 52.7 Å². The van der Waals surface area contributed by atoms with Crippen LogP contribution in [-0.2, 0) is 25.0 Å². The molecule has 0 aromatic heterocycles. The molecule has 3 aromatic carbocycles. The van der Waals surface area contributed by atoms with E-state index in [1.165, 1.54) is 5.56 Å². The summed E-state index contributed by atoms with van der Waals surface area (Å²) in [6, 6.07) is 25.9. The molecule has 0 bridgehead atoms. The zero-order chi connectivity index (χ0) is 22.1. The molecule has 5 nitrogen and oxygen atoms in total. The number of hydrogen-bond acceptors (Lipinski definition) is 2. The fourth-order valence-electron chi connectivity index (χ4n) is 5.03. The van der Waals surface area contributed by atoms with E-state index in [0.29, 0.717) is 26.1 Å². The summed E-state index contributed by atoms with van der Waals surface area (Å²) in [7, 11) is 0. The third-order valence-electron chi connectivity index (χ3n) is 6.73. The molecule has 0 radical (unpaired) electrons. The first-order chi connectivity index (χ1) is 15.6. The predicted octanol–water partition coefficient (Wildman–Crippen LogP) is 4.33. The molecule has 162 valence electrons. The number of urea groups is 1. The SMILES string of the molecule is CCc1ccc(C23Cc4ccccc4C(=O)N2CCN3C(=O)NCc2ccccc2)cc1. The number of amides is 3. The van der Waals surface area contributed by atoms with Gasteiger partial charge in [0.1, 0.15) is 5.66 Å². The average molecular weight is 426 g/mol. The number of hydrogen-bond donors (Lipinski definition) is 1. The van der Waals surface area contributed by atoms with Gasteiger partial charge in [-0.15, -0.1) is 0 Å². The van der Waals surface area contributed by atoms with E-state index in [1.807, 2.05) is 64.4 Å². The number of nitrogens with one attached hydrogen (secondary N) is 1. The van der Waals surface area contributed by atoms with Crippen LogP contribution < -0.4 is 5.32 Å². The summed E-state index contributed by atoms with van der Waals surface area (Å²) < 4.78 is 0. The monoisotopic (exact) mass is 425 g/mol. The Morgan fingerprint density at radius 1 is 0.906 bits per heavy atom. The predicted molar refractivity (Wildman–Crippen MR) is 124 cm³/mol. The fraction of sp³-hybridized carbons (Fsp3) is 0.259. The molecule has 0 saturated carbocycles. The first-order valence-electron chi connectivity index (χ1n) is 11.2. The minimum absolute atomic E-state index is 0.00947. The molecule has 0 spiro atoms. The zero-order valence-corrected chi connectivity index (χ0v) is 18.3. The number of nitrogens with zero attached hydrogens (tertiary/aromatic N) is 2. The number of aryl methyl sites for hydroxylation is 1. The molecule has 2 heterocycles. The van der Waals surface area contributed by atoms with Crippen LogP contribution in [0.2, 0.25) is 0 Å². The molecule has 5 rings (SSSR count). The molecule has 1 unspecified atom stereocenters. The van der Waals surface area contributed by atoms with Crippen LogP contribution in [0.4, 0.5) is 4.79 Å². The highest BCUT2D eigenvalue weighted by Gasteiger charge is 2.55. The summed E-state index contributed by atoms with van der Waals surface area (Å²) in [6.45, 7) is 3.59. The van der Waals surface area contributed by atoms with Gasteiger partial charge in [0.2, 0.25) is 0 Å². The third kappa shape index (κ3) is 3.25. The number of rotatable bonds is 4. The average Bonchev–Trinajstić information content (AvgIpc) is 3.24. The van der Waals surface area contributed by atoms with Crippen LogP contribution in [0.5, 0.6) is 0 Å². The lowest BCUT2D eigenvalue weighted by Crippen LogP contribution is -2.60. The highest BCUT2D eigenvalue weighted by Crippen LogP contribution is 2.44. The second-order valence-electron chi connectivity index (χ2n) is 8.45. The summed E-state index contributed by atoms with van der Waals surface area (Å²) in [4.78, 5) is 30.7. The van der Waals surface area contributed by atoms with Crippen LogP contribution in [-0.4, -0.2) is 34.8 Å². The van der Waals surface area contributed by atoms with Gasteiger partial charge in [-0.05, 0) is 34.7 Å². The van der Waals surface area contributed by atoms with Gasteiger partial charge in [-0.3, -0.25) is 9.69 Å². The lowest BCUT2D eigenvalue weighted by molar-refractivity contribution is 0.0202. The Labute approximate surface area is 188 Å². The van der Waals surface area contributed by atoms with Gasteiger partial charge in [-0.2, -0.15) is 0 Å². The Morgan fingerprint density at radius 3 is 2.38 bits per heavy atom. The third-order valence-corrected chi connectivity index (χ3v) is 6.73. The van der Waals surface area contributed by atoms with Gasteiger partial charge in [-0.25, -0.2) is 4.79 Å². The quantitative estimate of drug-likeness (QED) is 0.677. The Bertz CT molecular complexity index is 1140. The van der Waals surface area contributed by atoms with Crippen molar-refractivity contribution in [1.82, 2.24) is 15.1 Å². The van der Waals surface area contributed by atoms with Crippen molar-refractivity contribution in [3.05, 3.63) is 107 Å². The van der Waals surface area contributed by atoms with E-state index in [0.717, 1.165) is 28.7 Å². The molecule has 5 heteroatoms. The normalized spacial score (nSPS) is 19.5. The Balaban J connectivity index is 1.54. The number of carbonyl (C=O) groups is 2. The second-order valence-corrected chi connectivity index (χ2v) is 8.45. The lowest BCUT2D eigenvalue weighted by Gasteiger charge is -2.47. The summed E-state index contributed by atoms with van der Waals surface area (Å²) in [5, 5.41) is 3.08. The second kappa shape index (κ2) is 8.15. The number of fused-ring (bicyclic) bond motifs is 2. The van der Waals surface area contributed by atoms with Crippen LogP contribution in [0, 0.1) is 0 Å². The summed E-state index contributed by atoms with van der Waals surface area (Å²) in [5.41, 5.74) is 4.15. The molecule has 1 fully saturated rings. The van der Waals surface area contributed by atoms with Crippen LogP contribution >= 0.6 is 0 Å². The minimum Gasteiger partial charge on any atom is -0.334 e. The minimum atomic E-state index is -0.821. The Morgan fingerprint density at radius 2 is 1.62 bits per heavy atom. The summed E-state index contributed by atoms with van der Waals surface area (Å²) in [5.74, 6) is -0.00947. The molecule has 32 heavy (non-hydrogen) atoms. The van der Waals surface area contributed by atoms with Gasteiger partial charge in [0.05, 0.1) is 0 Å². The Hall–Kier alpha value is -3.60. The highest BCUT2D eigenvalue weighted by molar-refractivity contribution is 5.98. The molecular weight excluding hydrogens is 398 g/mol. The van der Waals surface area contributed by atoms with Gasteiger partial charge in [0, 0.05) is 31.6 Å². The standard InChI is InChI=1S/C27H27N3O2/c1-2-20-12-14-23(15-13-20)27-18-22-10-6-7-11-24(22)25(31)29(27)16-17-30(27)26(32)28-19-21-8-4-3-5-9-21/h3-15H,2,16-19H2,1H3,(H,28,32). The van der Waals surface area contributed by atoms with Crippen molar-refractivity contribution in [3.63, 3.8) is 0 Å². The maximum absolute atomic E-state index is 13.5. The van der Waals surface area contributed by atoms with Crippen molar-refractivity contribution >= 4 is 11.9 Å². The van der Waals surface area contributed by atoms with Gasteiger partial charge in [0.25, 0.3) is 5.91 Å². The van der Waals surface area contributed by atoms with Crippen LogP contribution in [0.1, 0.15) is 39.5 Å². The first-order valence-corrected chi connectivity index (χ1v) is 11.2. The van der Waals surface area contributed by atoms with Gasteiger partial charge in [-0.1, -0.05) is 79.7 Å². The van der Waals surface area contributed by atoms with Crippen molar-refractivity contribution in [1.29, 1.82) is 0 Å². The smallest absolute Gasteiger partial charge is 0.319 e. The molecule has 1 atom stereocenters. The number of benzene rings is 3. The molecule has 0 aliphatic carbocycles. The fourth-order valence-corrected chi connectivity index (χ4v) is 5.03. The molecule has 3 amide bonds. The van der Waals surface area contributed by atoms with Crippen LogP contribution in [0.3, 0.4) is 0 Å². The Kier molecular flexibility index (Phi) is 5.17. The van der Waals surface area contributed by atoms with E-state index < -0.39 is 5.66 Å².